The largest absolute Gasteiger partial charge is 0.287 e. The number of aromatic nitrogens is 2. The fourth-order valence-corrected chi connectivity index (χ4v) is 0.741. The number of isocyanates is 1. The molecule has 74 valence electrons. The molecule has 0 fully saturated rings. The van der Waals surface area contributed by atoms with Crippen LogP contribution in [-0.4, -0.2) is 16.0 Å². The van der Waals surface area contributed by atoms with Crippen LogP contribution in [0.15, 0.2) is 11.1 Å². The summed E-state index contributed by atoms with van der Waals surface area (Å²) >= 11 is 0. The summed E-state index contributed by atoms with van der Waals surface area (Å²) in [5.74, 6) is -0.308. The van der Waals surface area contributed by atoms with Gasteiger partial charge in [0, 0.05) is 21.1 Å². The Kier molecular flexibility index (Phi) is 5.13. The summed E-state index contributed by atoms with van der Waals surface area (Å²) in [6.45, 7) is 1.50. The molecular formula is C7H4F2N3OW-. The quantitative estimate of drug-likeness (QED) is 0.452. The zero-order chi connectivity index (χ0) is 9.84. The second-order valence-electron chi connectivity index (χ2n) is 2.16. The van der Waals surface area contributed by atoms with Crippen LogP contribution < -0.4 is 0 Å². The van der Waals surface area contributed by atoms with Crippen molar-refractivity contribution in [1.82, 2.24) is 9.97 Å². The SMILES string of the molecule is Cc1cc([C-](F)F)nc(N=C=O)n1.[W]. The monoisotopic (exact) mass is 368 g/mol. The van der Waals surface area contributed by atoms with Crippen molar-refractivity contribution in [2.45, 2.75) is 6.92 Å². The van der Waals surface area contributed by atoms with E-state index in [0.717, 1.165) is 6.07 Å². The van der Waals surface area contributed by atoms with E-state index in [-0.39, 0.29) is 27.0 Å². The van der Waals surface area contributed by atoms with Crippen molar-refractivity contribution in [3.05, 3.63) is 23.9 Å². The van der Waals surface area contributed by atoms with Gasteiger partial charge in [0.25, 0.3) is 5.95 Å². The van der Waals surface area contributed by atoms with Gasteiger partial charge >= 0.3 is 0 Å². The molecule has 0 saturated heterocycles. The summed E-state index contributed by atoms with van der Waals surface area (Å²) in [6.07, 6.45) is -0.764. The first-order chi connectivity index (χ1) is 6.13. The number of aryl methyl sites for hydroxylation is 1. The first kappa shape index (κ1) is 12.9. The predicted octanol–water partition coefficient (Wildman–Crippen LogP) is 1.53. The van der Waals surface area contributed by atoms with Crippen LogP contribution in [-0.2, 0) is 25.9 Å². The van der Waals surface area contributed by atoms with Gasteiger partial charge in [0.1, 0.15) is 6.43 Å². The first-order valence-corrected chi connectivity index (χ1v) is 3.25. The van der Waals surface area contributed by atoms with Gasteiger partial charge < -0.3 is 0 Å². The van der Waals surface area contributed by atoms with Crippen LogP contribution in [0, 0.1) is 13.3 Å². The Morgan fingerprint density at radius 2 is 2.14 bits per heavy atom. The second kappa shape index (κ2) is 5.58. The predicted molar refractivity (Wildman–Crippen MR) is 39.1 cm³/mol. The van der Waals surface area contributed by atoms with E-state index in [1.54, 1.807) is 0 Å². The number of hydrogen-bond acceptors (Lipinski definition) is 4. The summed E-state index contributed by atoms with van der Waals surface area (Å²) in [6, 6.07) is 1.10. The minimum Gasteiger partial charge on any atom is -0.287 e. The Balaban J connectivity index is 0.00000169. The van der Waals surface area contributed by atoms with Gasteiger partial charge in [-0.1, -0.05) is 0 Å². The molecule has 0 spiro atoms. The molecule has 0 amide bonds. The maximum absolute atomic E-state index is 12.1. The Hall–Kier alpha value is -1.12. The average Bonchev–Trinajstić information content (AvgIpc) is 2.03. The average molecular weight is 368 g/mol. The van der Waals surface area contributed by atoms with Crippen LogP contribution in [0.25, 0.3) is 0 Å². The molecule has 0 N–H and O–H groups in total. The van der Waals surface area contributed by atoms with Crippen molar-refractivity contribution >= 4 is 12.0 Å². The van der Waals surface area contributed by atoms with E-state index >= 15 is 0 Å². The van der Waals surface area contributed by atoms with E-state index in [2.05, 4.69) is 15.0 Å². The molecule has 0 unspecified atom stereocenters. The molecular weight excluding hydrogens is 364 g/mol. The van der Waals surface area contributed by atoms with Crippen LogP contribution in [0.3, 0.4) is 0 Å². The number of carbonyl (C=O) groups excluding carboxylic acids is 1. The minimum absolute atomic E-state index is 0. The van der Waals surface area contributed by atoms with Gasteiger partial charge in [0.05, 0.1) is 0 Å². The molecule has 0 aromatic carbocycles. The van der Waals surface area contributed by atoms with Crippen LogP contribution in [0.1, 0.15) is 11.4 Å². The Morgan fingerprint density at radius 3 is 2.64 bits per heavy atom. The van der Waals surface area contributed by atoms with Crippen LogP contribution in [0.5, 0.6) is 0 Å². The molecule has 0 bridgehead atoms. The summed E-state index contributed by atoms with van der Waals surface area (Å²) in [5, 5.41) is 0. The van der Waals surface area contributed by atoms with E-state index in [4.69, 9.17) is 0 Å². The Morgan fingerprint density at radius 1 is 1.50 bits per heavy atom. The smallest absolute Gasteiger partial charge is 0.256 e. The van der Waals surface area contributed by atoms with Gasteiger partial charge in [0.15, 0.2) is 0 Å². The number of hydrogen-bond donors (Lipinski definition) is 0. The van der Waals surface area contributed by atoms with Crippen molar-refractivity contribution in [2.75, 3.05) is 0 Å². The molecule has 1 rings (SSSR count). The van der Waals surface area contributed by atoms with Crippen LogP contribution in [0.4, 0.5) is 14.7 Å². The third-order valence-corrected chi connectivity index (χ3v) is 1.18. The van der Waals surface area contributed by atoms with Gasteiger partial charge in [-0.15, -0.1) is 4.99 Å². The van der Waals surface area contributed by atoms with E-state index in [1.165, 1.54) is 13.0 Å². The maximum atomic E-state index is 12.1. The molecule has 0 aliphatic carbocycles. The minimum atomic E-state index is -1.94. The summed E-state index contributed by atoms with van der Waals surface area (Å²) in [5.41, 5.74) is -0.215. The van der Waals surface area contributed by atoms with Crippen molar-refractivity contribution in [2.24, 2.45) is 4.99 Å². The molecule has 1 aromatic heterocycles. The molecule has 4 nitrogen and oxygen atoms in total. The number of nitrogens with zero attached hydrogens (tertiary/aromatic N) is 3. The second-order valence-corrected chi connectivity index (χ2v) is 2.16. The maximum Gasteiger partial charge on any atom is 0.256 e. The summed E-state index contributed by atoms with van der Waals surface area (Å²) in [7, 11) is 0. The first-order valence-electron chi connectivity index (χ1n) is 3.25. The molecule has 0 atom stereocenters. The van der Waals surface area contributed by atoms with Gasteiger partial charge in [-0.3, -0.25) is 8.78 Å². The van der Waals surface area contributed by atoms with E-state index < -0.39 is 12.1 Å². The number of halogens is 2. The molecule has 7 heteroatoms. The third-order valence-electron chi connectivity index (χ3n) is 1.18. The fourth-order valence-electron chi connectivity index (χ4n) is 0.741. The molecule has 1 aromatic rings. The van der Waals surface area contributed by atoms with E-state index in [9.17, 15) is 13.6 Å². The molecule has 0 radical (unpaired) electrons. The fraction of sp³-hybridized carbons (Fsp3) is 0.143. The molecule has 0 saturated carbocycles. The van der Waals surface area contributed by atoms with Crippen molar-refractivity contribution < 1.29 is 34.6 Å². The number of aliphatic imine (C=N–C) groups is 1. The zero-order valence-electron chi connectivity index (χ0n) is 6.99. The summed E-state index contributed by atoms with van der Waals surface area (Å²) in [4.78, 5) is 19.8. The number of rotatable bonds is 2. The topological polar surface area (TPSA) is 55.2 Å². The van der Waals surface area contributed by atoms with Gasteiger partial charge in [0.2, 0.25) is 6.08 Å². The van der Waals surface area contributed by atoms with Crippen molar-refractivity contribution in [1.29, 1.82) is 0 Å². The van der Waals surface area contributed by atoms with E-state index in [0.29, 0.717) is 5.69 Å². The van der Waals surface area contributed by atoms with Crippen molar-refractivity contribution in [3.63, 3.8) is 0 Å². The Labute approximate surface area is 92.7 Å². The zero-order valence-corrected chi connectivity index (χ0v) is 9.92. The third kappa shape index (κ3) is 3.32. The Bertz CT molecular complexity index is 366. The van der Waals surface area contributed by atoms with Crippen molar-refractivity contribution in [3.8, 4) is 0 Å². The summed E-state index contributed by atoms with van der Waals surface area (Å²) < 4.78 is 24.1. The molecule has 14 heavy (non-hydrogen) atoms. The van der Waals surface area contributed by atoms with Crippen LogP contribution >= 0.6 is 0 Å². The normalized spacial score (nSPS) is 8.50. The van der Waals surface area contributed by atoms with Gasteiger partial charge in [-0.05, 0) is 18.3 Å². The molecule has 0 aliphatic heterocycles. The molecule has 0 aliphatic rings. The van der Waals surface area contributed by atoms with Crippen LogP contribution in [0.2, 0.25) is 0 Å². The van der Waals surface area contributed by atoms with Gasteiger partial charge in [-0.25, -0.2) is 14.8 Å². The van der Waals surface area contributed by atoms with Gasteiger partial charge in [-0.2, -0.15) is 6.07 Å². The van der Waals surface area contributed by atoms with E-state index in [1.807, 2.05) is 0 Å². The molecule has 1 heterocycles. The standard InChI is InChI=1S/C7H4F2N3O.W/c1-4-2-5(6(8)9)12-7(11-4)10-3-13;/h2H,1H3;/q-1;.